The van der Waals surface area contributed by atoms with Gasteiger partial charge < -0.3 is 0 Å². The van der Waals surface area contributed by atoms with E-state index in [4.69, 9.17) is 0 Å². The van der Waals surface area contributed by atoms with Crippen LogP contribution in [0.1, 0.15) is 36.1 Å². The summed E-state index contributed by atoms with van der Waals surface area (Å²) in [6.45, 7) is 12.7. The van der Waals surface area contributed by atoms with Gasteiger partial charge in [-0.1, -0.05) is 62.4 Å². The van der Waals surface area contributed by atoms with Crippen molar-refractivity contribution in [2.45, 2.75) is 19.3 Å². The van der Waals surface area contributed by atoms with Gasteiger partial charge in [0.15, 0.2) is 0 Å². The Morgan fingerprint density at radius 2 is 1.06 bits per heavy atom. The van der Waals surface area contributed by atoms with E-state index < -0.39 is 0 Å². The Balaban J connectivity index is 2.58. The summed E-state index contributed by atoms with van der Waals surface area (Å²) >= 11 is 0. The quantitative estimate of drug-likeness (QED) is 0.707. The summed E-state index contributed by atoms with van der Waals surface area (Å²) in [5.41, 5.74) is 4.63. The lowest BCUT2D eigenvalue weighted by Gasteiger charge is -2.29. The molecule has 0 bridgehead atoms. The SMILES string of the molecule is [CH2]c1ccccc1C(C)(C)c1ccccc1[CH2]. The highest BCUT2D eigenvalue weighted by atomic mass is 14.3. The van der Waals surface area contributed by atoms with Gasteiger partial charge in [0.25, 0.3) is 0 Å². The van der Waals surface area contributed by atoms with Gasteiger partial charge in [0.2, 0.25) is 0 Å². The molecule has 0 aliphatic heterocycles. The molecule has 0 heteroatoms. The smallest absolute Gasteiger partial charge is 0.0152 e. The first kappa shape index (κ1) is 11.9. The van der Waals surface area contributed by atoms with Gasteiger partial charge in [-0.3, -0.25) is 0 Å². The molecule has 0 N–H and O–H groups in total. The van der Waals surface area contributed by atoms with Crippen molar-refractivity contribution < 1.29 is 0 Å². The van der Waals surface area contributed by atoms with Crippen LogP contribution in [-0.2, 0) is 5.41 Å². The summed E-state index contributed by atoms with van der Waals surface area (Å²) in [4.78, 5) is 0. The Morgan fingerprint density at radius 3 is 1.41 bits per heavy atom. The van der Waals surface area contributed by atoms with E-state index in [0.29, 0.717) is 0 Å². The van der Waals surface area contributed by atoms with Crippen LogP contribution in [0.4, 0.5) is 0 Å². The van der Waals surface area contributed by atoms with Gasteiger partial charge in [-0.05, 0) is 36.1 Å². The molecular weight excluding hydrogens is 204 g/mol. The fourth-order valence-electron chi connectivity index (χ4n) is 2.41. The summed E-state index contributed by atoms with van der Waals surface area (Å²) in [6.07, 6.45) is 0. The first-order chi connectivity index (χ1) is 8.03. The van der Waals surface area contributed by atoms with Crippen LogP contribution in [0.15, 0.2) is 48.5 Å². The third-order valence-corrected chi connectivity index (χ3v) is 3.38. The van der Waals surface area contributed by atoms with E-state index in [-0.39, 0.29) is 5.41 Å². The highest BCUT2D eigenvalue weighted by Gasteiger charge is 2.25. The van der Waals surface area contributed by atoms with E-state index in [0.717, 1.165) is 11.1 Å². The first-order valence-electron chi connectivity index (χ1n) is 5.86. The molecule has 0 saturated heterocycles. The summed E-state index contributed by atoms with van der Waals surface area (Å²) in [5.74, 6) is 0. The Bertz CT molecular complexity index is 474. The molecule has 2 aromatic carbocycles. The van der Waals surface area contributed by atoms with Crippen molar-refractivity contribution in [2.75, 3.05) is 0 Å². The highest BCUT2D eigenvalue weighted by Crippen LogP contribution is 2.34. The van der Waals surface area contributed by atoms with Crippen LogP contribution >= 0.6 is 0 Å². The predicted octanol–water partition coefficient (Wildman–Crippen LogP) is 4.38. The van der Waals surface area contributed by atoms with Crippen molar-refractivity contribution in [3.63, 3.8) is 0 Å². The predicted molar refractivity (Wildman–Crippen MR) is 73.9 cm³/mol. The average Bonchev–Trinajstić information content (AvgIpc) is 2.29. The zero-order valence-electron chi connectivity index (χ0n) is 10.5. The molecule has 17 heavy (non-hydrogen) atoms. The van der Waals surface area contributed by atoms with E-state index in [1.165, 1.54) is 11.1 Å². The molecule has 0 heterocycles. The lowest BCUT2D eigenvalue weighted by atomic mass is 9.75. The first-order valence-corrected chi connectivity index (χ1v) is 5.86. The van der Waals surface area contributed by atoms with Gasteiger partial charge in [-0.15, -0.1) is 0 Å². The van der Waals surface area contributed by atoms with Gasteiger partial charge in [0, 0.05) is 5.41 Å². The second kappa shape index (κ2) is 4.37. The van der Waals surface area contributed by atoms with Crippen molar-refractivity contribution >= 4 is 0 Å². The van der Waals surface area contributed by atoms with Crippen molar-refractivity contribution in [2.24, 2.45) is 0 Å². The van der Waals surface area contributed by atoms with Gasteiger partial charge in [-0.25, -0.2) is 0 Å². The van der Waals surface area contributed by atoms with Crippen LogP contribution in [0.2, 0.25) is 0 Å². The van der Waals surface area contributed by atoms with Gasteiger partial charge >= 0.3 is 0 Å². The van der Waals surface area contributed by atoms with Gasteiger partial charge in [-0.2, -0.15) is 0 Å². The van der Waals surface area contributed by atoms with Gasteiger partial charge in [0.1, 0.15) is 0 Å². The molecule has 86 valence electrons. The largest absolute Gasteiger partial charge is 0.0620 e. The molecule has 2 aromatic rings. The number of hydrogen-bond acceptors (Lipinski definition) is 0. The fraction of sp³-hybridized carbons (Fsp3) is 0.176. The second-order valence-electron chi connectivity index (χ2n) is 4.94. The standard InChI is InChI=1S/C17H18/c1-13-9-5-7-11-15(13)17(3,4)16-12-8-6-10-14(16)2/h5-12H,1-2H2,3-4H3. The number of rotatable bonds is 2. The maximum absolute atomic E-state index is 4.12. The van der Waals surface area contributed by atoms with E-state index in [2.05, 4.69) is 64.1 Å². The van der Waals surface area contributed by atoms with Crippen molar-refractivity contribution in [3.8, 4) is 0 Å². The van der Waals surface area contributed by atoms with Crippen LogP contribution in [-0.4, -0.2) is 0 Å². The molecule has 0 nitrogen and oxygen atoms in total. The van der Waals surface area contributed by atoms with E-state index in [1.54, 1.807) is 0 Å². The second-order valence-corrected chi connectivity index (χ2v) is 4.94. The highest BCUT2D eigenvalue weighted by molar-refractivity contribution is 5.47. The lowest BCUT2D eigenvalue weighted by Crippen LogP contribution is -2.21. The van der Waals surface area contributed by atoms with Crippen LogP contribution in [0.3, 0.4) is 0 Å². The van der Waals surface area contributed by atoms with Crippen LogP contribution in [0.25, 0.3) is 0 Å². The molecule has 0 aromatic heterocycles. The summed E-state index contributed by atoms with van der Waals surface area (Å²) in [5, 5.41) is 0. The summed E-state index contributed by atoms with van der Waals surface area (Å²) < 4.78 is 0. The third-order valence-electron chi connectivity index (χ3n) is 3.38. The van der Waals surface area contributed by atoms with Crippen molar-refractivity contribution in [1.29, 1.82) is 0 Å². The van der Waals surface area contributed by atoms with E-state index in [9.17, 15) is 0 Å². The molecule has 2 radical (unpaired) electrons. The number of benzene rings is 2. The van der Waals surface area contributed by atoms with E-state index in [1.807, 2.05) is 12.1 Å². The maximum atomic E-state index is 4.12. The van der Waals surface area contributed by atoms with Crippen molar-refractivity contribution in [3.05, 3.63) is 84.6 Å². The molecule has 0 atom stereocenters. The molecule has 0 unspecified atom stereocenters. The average molecular weight is 222 g/mol. The monoisotopic (exact) mass is 222 g/mol. The molecule has 2 rings (SSSR count). The number of hydrogen-bond donors (Lipinski definition) is 0. The Labute approximate surface area is 104 Å². The Hall–Kier alpha value is -1.56. The van der Waals surface area contributed by atoms with Crippen LogP contribution in [0.5, 0.6) is 0 Å². The van der Waals surface area contributed by atoms with E-state index >= 15 is 0 Å². The molecule has 0 aliphatic rings. The molecule has 0 amide bonds. The Kier molecular flexibility index (Phi) is 3.06. The fourth-order valence-corrected chi connectivity index (χ4v) is 2.41. The molecular formula is C17H18. The molecule has 0 aliphatic carbocycles. The zero-order chi connectivity index (χ0) is 12.5. The Morgan fingerprint density at radius 1 is 0.706 bits per heavy atom. The summed E-state index contributed by atoms with van der Waals surface area (Å²) in [7, 11) is 0. The molecule has 0 fully saturated rings. The molecule has 0 saturated carbocycles. The third kappa shape index (κ3) is 2.12. The maximum Gasteiger partial charge on any atom is 0.0152 e. The minimum atomic E-state index is -0.0588. The van der Waals surface area contributed by atoms with Crippen LogP contribution < -0.4 is 0 Å². The lowest BCUT2D eigenvalue weighted by molar-refractivity contribution is 0.636. The minimum Gasteiger partial charge on any atom is -0.0620 e. The normalized spacial score (nSPS) is 11.5. The van der Waals surface area contributed by atoms with Crippen LogP contribution in [0, 0.1) is 13.8 Å². The topological polar surface area (TPSA) is 0 Å². The van der Waals surface area contributed by atoms with Crippen molar-refractivity contribution in [1.82, 2.24) is 0 Å². The zero-order valence-corrected chi connectivity index (χ0v) is 10.5. The summed E-state index contributed by atoms with van der Waals surface area (Å²) in [6, 6.07) is 16.6. The molecule has 0 spiro atoms. The van der Waals surface area contributed by atoms with Gasteiger partial charge in [0.05, 0.1) is 0 Å². The minimum absolute atomic E-state index is 0.0588.